The molecular formula is C23H23F4NO3. The lowest BCUT2D eigenvalue weighted by molar-refractivity contribution is -0.274. The summed E-state index contributed by atoms with van der Waals surface area (Å²) in [4.78, 5) is 0. The first-order chi connectivity index (χ1) is 14.9. The van der Waals surface area contributed by atoms with Gasteiger partial charge in [0.05, 0.1) is 12.6 Å². The summed E-state index contributed by atoms with van der Waals surface area (Å²) < 4.78 is 66.6. The second kappa shape index (κ2) is 8.88. The van der Waals surface area contributed by atoms with Crippen LogP contribution in [-0.2, 0) is 4.74 Å². The molecule has 2 aromatic carbocycles. The van der Waals surface area contributed by atoms with Gasteiger partial charge < -0.3 is 19.5 Å². The Morgan fingerprint density at radius 2 is 1.94 bits per heavy atom. The van der Waals surface area contributed by atoms with E-state index in [9.17, 15) is 17.6 Å². The van der Waals surface area contributed by atoms with Gasteiger partial charge in [0.15, 0.2) is 0 Å². The van der Waals surface area contributed by atoms with Crippen LogP contribution in [0.2, 0.25) is 0 Å². The van der Waals surface area contributed by atoms with Crippen LogP contribution in [-0.4, -0.2) is 38.4 Å². The van der Waals surface area contributed by atoms with Gasteiger partial charge in [-0.1, -0.05) is 30.3 Å². The third-order valence-electron chi connectivity index (χ3n) is 5.49. The van der Waals surface area contributed by atoms with Crippen molar-refractivity contribution in [2.24, 2.45) is 0 Å². The first kappa shape index (κ1) is 21.6. The minimum Gasteiger partial charge on any atom is -0.490 e. The van der Waals surface area contributed by atoms with Crippen molar-refractivity contribution in [2.45, 2.75) is 30.8 Å². The van der Waals surface area contributed by atoms with Gasteiger partial charge in [0.2, 0.25) is 0 Å². The second-order valence-corrected chi connectivity index (χ2v) is 7.56. The minimum atomic E-state index is -4.81. The lowest BCUT2D eigenvalue weighted by Crippen LogP contribution is -2.47. The highest BCUT2D eigenvalue weighted by atomic mass is 19.4. The summed E-state index contributed by atoms with van der Waals surface area (Å²) in [7, 11) is 0. The van der Waals surface area contributed by atoms with Crippen molar-refractivity contribution >= 4 is 5.57 Å². The highest BCUT2D eigenvalue weighted by Crippen LogP contribution is 2.45. The fraction of sp³-hybridized carbons (Fsp3) is 0.391. The smallest absolute Gasteiger partial charge is 0.490 e. The van der Waals surface area contributed by atoms with Gasteiger partial charge in [0.25, 0.3) is 0 Å². The fourth-order valence-electron chi connectivity index (χ4n) is 4.26. The number of piperidine rings is 1. The number of halogens is 4. The average Bonchev–Trinajstić information content (AvgIpc) is 3.16. The number of alkyl halides is 4. The van der Waals surface area contributed by atoms with Crippen molar-refractivity contribution in [3.8, 4) is 11.5 Å². The van der Waals surface area contributed by atoms with Crippen molar-refractivity contribution in [3.63, 3.8) is 0 Å². The number of benzene rings is 2. The molecule has 0 amide bonds. The Labute approximate surface area is 177 Å². The Hall–Kier alpha value is -2.58. The molecule has 0 bridgehead atoms. The molecule has 2 aliphatic rings. The Kier molecular flexibility index (Phi) is 6.20. The van der Waals surface area contributed by atoms with Crippen molar-refractivity contribution in [3.05, 3.63) is 65.7 Å². The summed E-state index contributed by atoms with van der Waals surface area (Å²) in [5, 5.41) is 3.51. The molecule has 1 N–H and O–H groups in total. The molecule has 4 rings (SSSR count). The van der Waals surface area contributed by atoms with Gasteiger partial charge in [-0.3, -0.25) is 0 Å². The van der Waals surface area contributed by atoms with E-state index in [4.69, 9.17) is 9.47 Å². The second-order valence-electron chi connectivity index (χ2n) is 7.56. The molecule has 1 fully saturated rings. The molecule has 1 spiro atoms. The summed E-state index contributed by atoms with van der Waals surface area (Å²) in [6, 6.07) is 13.6. The van der Waals surface area contributed by atoms with Gasteiger partial charge in [-0.15, -0.1) is 13.2 Å². The molecule has 2 heterocycles. The Morgan fingerprint density at radius 1 is 1.13 bits per heavy atom. The standard InChI is InChI=1S/C23H23F4NO3/c24-10-12-29-20-8-7-18(31-23(25,26)27)13-19(20)17-14-22(30-15-17)9-4-11-28-21(22)16-5-2-1-3-6-16/h1-3,5-8,13-14,21,28H,4,9-12,15H2/t21-,22+/m0/s1. The van der Waals surface area contributed by atoms with Crippen molar-refractivity contribution in [1.29, 1.82) is 0 Å². The monoisotopic (exact) mass is 437 g/mol. The van der Waals surface area contributed by atoms with E-state index < -0.39 is 18.6 Å². The van der Waals surface area contributed by atoms with Crippen LogP contribution in [0, 0.1) is 0 Å². The maximum atomic E-state index is 12.7. The van der Waals surface area contributed by atoms with E-state index in [1.807, 2.05) is 36.4 Å². The molecule has 0 radical (unpaired) electrons. The van der Waals surface area contributed by atoms with Crippen molar-refractivity contribution in [2.75, 3.05) is 26.4 Å². The van der Waals surface area contributed by atoms with Crippen molar-refractivity contribution in [1.82, 2.24) is 5.32 Å². The van der Waals surface area contributed by atoms with E-state index in [2.05, 4.69) is 10.1 Å². The SMILES string of the molecule is FCCOc1ccc(OC(F)(F)F)cc1C1=C[C@@]2(CCCN[C@H]2c2ccccc2)OC1. The molecule has 2 aromatic rings. The van der Waals surface area contributed by atoms with Crippen LogP contribution in [0.1, 0.15) is 30.0 Å². The third-order valence-corrected chi connectivity index (χ3v) is 5.49. The normalized spacial score (nSPS) is 23.6. The van der Waals surface area contributed by atoms with E-state index >= 15 is 0 Å². The van der Waals surface area contributed by atoms with Gasteiger partial charge in [0, 0.05) is 5.56 Å². The van der Waals surface area contributed by atoms with E-state index in [0.29, 0.717) is 16.9 Å². The lowest BCUT2D eigenvalue weighted by atomic mass is 9.81. The highest BCUT2D eigenvalue weighted by molar-refractivity contribution is 5.75. The number of nitrogens with one attached hydrogen (secondary N) is 1. The first-order valence-corrected chi connectivity index (χ1v) is 10.1. The van der Waals surface area contributed by atoms with Crippen LogP contribution in [0.5, 0.6) is 11.5 Å². The molecule has 0 saturated carbocycles. The third kappa shape index (κ3) is 4.85. The van der Waals surface area contributed by atoms with Gasteiger partial charge >= 0.3 is 6.36 Å². The molecule has 166 valence electrons. The van der Waals surface area contributed by atoms with Crippen LogP contribution in [0.15, 0.2) is 54.6 Å². The van der Waals surface area contributed by atoms with E-state index in [1.165, 1.54) is 12.1 Å². The number of ether oxygens (including phenoxy) is 3. The summed E-state index contributed by atoms with van der Waals surface area (Å²) in [5.74, 6) is -0.0718. The number of hydrogen-bond donors (Lipinski definition) is 1. The molecule has 1 saturated heterocycles. The molecule has 31 heavy (non-hydrogen) atoms. The Bertz CT molecular complexity index is 932. The molecule has 0 aromatic heterocycles. The van der Waals surface area contributed by atoms with Crippen LogP contribution in [0.25, 0.3) is 5.57 Å². The average molecular weight is 437 g/mol. The van der Waals surface area contributed by atoms with E-state index in [1.54, 1.807) is 0 Å². The zero-order chi connectivity index (χ0) is 21.9. The summed E-state index contributed by atoms with van der Waals surface area (Å²) in [6.07, 6.45) is -1.18. The number of rotatable bonds is 6. The predicted molar refractivity (Wildman–Crippen MR) is 108 cm³/mol. The minimum absolute atomic E-state index is 0.0928. The molecule has 8 heteroatoms. The van der Waals surface area contributed by atoms with Crippen molar-refractivity contribution < 1.29 is 31.8 Å². The Morgan fingerprint density at radius 3 is 2.68 bits per heavy atom. The van der Waals surface area contributed by atoms with Gasteiger partial charge in [-0.05, 0) is 54.8 Å². The van der Waals surface area contributed by atoms with E-state index in [0.717, 1.165) is 31.0 Å². The first-order valence-electron chi connectivity index (χ1n) is 10.1. The molecule has 2 aliphatic heterocycles. The van der Waals surface area contributed by atoms with Crippen LogP contribution in [0.4, 0.5) is 17.6 Å². The van der Waals surface area contributed by atoms with Gasteiger partial charge in [-0.2, -0.15) is 0 Å². The van der Waals surface area contributed by atoms with E-state index in [-0.39, 0.29) is 25.0 Å². The fourth-order valence-corrected chi connectivity index (χ4v) is 4.26. The lowest BCUT2D eigenvalue weighted by Gasteiger charge is -2.40. The van der Waals surface area contributed by atoms with Crippen LogP contribution >= 0.6 is 0 Å². The molecule has 0 aliphatic carbocycles. The molecule has 4 nitrogen and oxygen atoms in total. The van der Waals surface area contributed by atoms with Crippen LogP contribution in [0.3, 0.4) is 0 Å². The maximum Gasteiger partial charge on any atom is 0.573 e. The van der Waals surface area contributed by atoms with Gasteiger partial charge in [-0.25, -0.2) is 4.39 Å². The maximum absolute atomic E-state index is 12.7. The highest BCUT2D eigenvalue weighted by Gasteiger charge is 2.44. The molecule has 2 atom stereocenters. The quantitative estimate of drug-likeness (QED) is 0.630. The molecule has 0 unspecified atom stereocenters. The summed E-state index contributed by atoms with van der Waals surface area (Å²) in [5.41, 5.74) is 1.53. The summed E-state index contributed by atoms with van der Waals surface area (Å²) in [6.45, 7) is 0.139. The molecular weight excluding hydrogens is 414 g/mol. The predicted octanol–water partition coefficient (Wildman–Crippen LogP) is 5.21. The zero-order valence-corrected chi connectivity index (χ0v) is 16.8. The zero-order valence-electron chi connectivity index (χ0n) is 16.8. The summed E-state index contributed by atoms with van der Waals surface area (Å²) >= 11 is 0. The van der Waals surface area contributed by atoms with Crippen LogP contribution < -0.4 is 14.8 Å². The largest absolute Gasteiger partial charge is 0.573 e. The van der Waals surface area contributed by atoms with Gasteiger partial charge in [0.1, 0.15) is 30.4 Å². The number of hydrogen-bond acceptors (Lipinski definition) is 4. The topological polar surface area (TPSA) is 39.7 Å². The Balaban J connectivity index is 1.71.